The van der Waals surface area contributed by atoms with E-state index in [1.807, 2.05) is 0 Å². The number of ether oxygens (including phenoxy) is 1. The Hall–Kier alpha value is -0.940. The molecule has 1 amide bonds. The van der Waals surface area contributed by atoms with Gasteiger partial charge in [0, 0.05) is 24.7 Å². The summed E-state index contributed by atoms with van der Waals surface area (Å²) < 4.78 is 19.6. The molecule has 2 rings (SSSR count). The summed E-state index contributed by atoms with van der Waals surface area (Å²) >= 11 is 3.21. The van der Waals surface area contributed by atoms with Gasteiger partial charge in [0.2, 0.25) is 0 Å². The number of carbonyl (C=O) groups is 1. The Labute approximate surface area is 114 Å². The van der Waals surface area contributed by atoms with E-state index in [2.05, 4.69) is 15.9 Å². The molecule has 98 valence electrons. The Morgan fingerprint density at radius 3 is 3.00 bits per heavy atom. The Kier molecular flexibility index (Phi) is 4.35. The summed E-state index contributed by atoms with van der Waals surface area (Å²) in [5.41, 5.74) is 0.0815. The van der Waals surface area contributed by atoms with E-state index < -0.39 is 5.82 Å². The summed E-state index contributed by atoms with van der Waals surface area (Å²) in [7, 11) is 1.67. The topological polar surface area (TPSA) is 29.5 Å². The van der Waals surface area contributed by atoms with Gasteiger partial charge in [-0.05, 0) is 40.9 Å². The molecule has 3 nitrogen and oxygen atoms in total. The molecule has 5 heteroatoms. The quantitative estimate of drug-likeness (QED) is 0.858. The van der Waals surface area contributed by atoms with Crippen molar-refractivity contribution in [3.63, 3.8) is 0 Å². The van der Waals surface area contributed by atoms with E-state index >= 15 is 0 Å². The smallest absolute Gasteiger partial charge is 0.257 e. The monoisotopic (exact) mass is 315 g/mol. The first-order valence-corrected chi connectivity index (χ1v) is 6.70. The molecule has 0 aromatic heterocycles. The number of halogens is 2. The molecule has 18 heavy (non-hydrogen) atoms. The molecule has 1 heterocycles. The molecular weight excluding hydrogens is 301 g/mol. The van der Waals surface area contributed by atoms with Gasteiger partial charge in [-0.1, -0.05) is 6.07 Å². The van der Waals surface area contributed by atoms with Crippen LogP contribution in [0, 0.1) is 5.82 Å². The van der Waals surface area contributed by atoms with Crippen LogP contribution in [0.3, 0.4) is 0 Å². The predicted molar refractivity (Wildman–Crippen MR) is 70.0 cm³/mol. The fraction of sp³-hybridized carbons (Fsp3) is 0.462. The third kappa shape index (κ3) is 2.90. The van der Waals surface area contributed by atoms with Crippen LogP contribution in [-0.4, -0.2) is 37.1 Å². The molecule has 0 aliphatic carbocycles. The summed E-state index contributed by atoms with van der Waals surface area (Å²) in [6.45, 7) is 1.25. The maximum absolute atomic E-state index is 13.7. The lowest BCUT2D eigenvalue weighted by molar-refractivity contribution is 0.0583. The van der Waals surface area contributed by atoms with Crippen molar-refractivity contribution in [2.24, 2.45) is 0 Å². The highest BCUT2D eigenvalue weighted by Crippen LogP contribution is 2.22. The number of nitrogens with zero attached hydrogens (tertiary/aromatic N) is 1. The minimum absolute atomic E-state index is 0.0736. The zero-order chi connectivity index (χ0) is 13.1. The van der Waals surface area contributed by atoms with E-state index in [4.69, 9.17) is 4.74 Å². The van der Waals surface area contributed by atoms with Gasteiger partial charge in [0.05, 0.1) is 11.7 Å². The number of benzene rings is 1. The molecule has 1 aliphatic heterocycles. The summed E-state index contributed by atoms with van der Waals surface area (Å²) in [5, 5.41) is 0. The highest BCUT2D eigenvalue weighted by Gasteiger charge is 2.23. The van der Waals surface area contributed by atoms with Crippen LogP contribution in [0.15, 0.2) is 22.7 Å². The third-order valence-electron chi connectivity index (χ3n) is 3.02. The van der Waals surface area contributed by atoms with E-state index in [0.717, 1.165) is 19.4 Å². The van der Waals surface area contributed by atoms with Gasteiger partial charge in [-0.2, -0.15) is 0 Å². The van der Waals surface area contributed by atoms with Crippen LogP contribution in [0.5, 0.6) is 0 Å². The Balaban J connectivity index is 2.10. The maximum Gasteiger partial charge on any atom is 0.257 e. The first kappa shape index (κ1) is 13.5. The number of likely N-dealkylation sites (N-methyl/N-ethyl adjacent to an activating group) is 1. The SMILES string of the molecule is CN(CC1CCCO1)C(=O)c1c(F)cccc1Br. The Morgan fingerprint density at radius 1 is 1.61 bits per heavy atom. The third-order valence-corrected chi connectivity index (χ3v) is 3.69. The standard InChI is InChI=1S/C13H15BrFNO2/c1-16(8-9-4-3-7-18-9)13(17)12-10(14)5-2-6-11(12)15/h2,5-6,9H,3-4,7-8H2,1H3. The molecule has 1 unspecified atom stereocenters. The van der Waals surface area contributed by atoms with Gasteiger partial charge in [0.15, 0.2) is 0 Å². The van der Waals surface area contributed by atoms with Crippen LogP contribution in [-0.2, 0) is 4.74 Å². The highest BCUT2D eigenvalue weighted by atomic mass is 79.9. The van der Waals surface area contributed by atoms with Crippen LogP contribution in [0.2, 0.25) is 0 Å². The second kappa shape index (κ2) is 5.80. The summed E-state index contributed by atoms with van der Waals surface area (Å²) in [5.74, 6) is -0.830. The van der Waals surface area contributed by atoms with E-state index in [1.54, 1.807) is 19.2 Å². The molecular formula is C13H15BrFNO2. The predicted octanol–water partition coefficient (Wildman–Crippen LogP) is 2.84. The molecule has 1 aliphatic rings. The molecule has 0 saturated carbocycles. The molecule has 0 radical (unpaired) electrons. The highest BCUT2D eigenvalue weighted by molar-refractivity contribution is 9.10. The largest absolute Gasteiger partial charge is 0.376 e. The van der Waals surface area contributed by atoms with Gasteiger partial charge in [-0.3, -0.25) is 4.79 Å². The summed E-state index contributed by atoms with van der Waals surface area (Å²) in [6.07, 6.45) is 2.05. The lowest BCUT2D eigenvalue weighted by Gasteiger charge is -2.21. The fourth-order valence-electron chi connectivity index (χ4n) is 2.07. The zero-order valence-corrected chi connectivity index (χ0v) is 11.7. The van der Waals surface area contributed by atoms with Gasteiger partial charge >= 0.3 is 0 Å². The number of amides is 1. The van der Waals surface area contributed by atoms with E-state index in [0.29, 0.717) is 11.0 Å². The molecule has 1 saturated heterocycles. The van der Waals surface area contributed by atoms with Crippen molar-refractivity contribution in [2.45, 2.75) is 18.9 Å². The lowest BCUT2D eigenvalue weighted by atomic mass is 10.1. The number of rotatable bonds is 3. The molecule has 1 aromatic rings. The zero-order valence-electron chi connectivity index (χ0n) is 10.2. The molecule has 1 atom stereocenters. The van der Waals surface area contributed by atoms with Crippen LogP contribution in [0.25, 0.3) is 0 Å². The van der Waals surface area contributed by atoms with Crippen LogP contribution in [0.1, 0.15) is 23.2 Å². The summed E-state index contributed by atoms with van der Waals surface area (Å²) in [4.78, 5) is 13.7. The Morgan fingerprint density at radius 2 is 2.39 bits per heavy atom. The molecule has 0 spiro atoms. The normalized spacial score (nSPS) is 18.9. The minimum atomic E-state index is -0.506. The number of hydrogen-bond acceptors (Lipinski definition) is 2. The van der Waals surface area contributed by atoms with Crippen LogP contribution < -0.4 is 0 Å². The van der Waals surface area contributed by atoms with Gasteiger partial charge in [0.25, 0.3) is 5.91 Å². The number of carbonyl (C=O) groups excluding carboxylic acids is 1. The number of hydrogen-bond donors (Lipinski definition) is 0. The van der Waals surface area contributed by atoms with E-state index in [1.165, 1.54) is 11.0 Å². The van der Waals surface area contributed by atoms with Crippen LogP contribution in [0.4, 0.5) is 4.39 Å². The first-order chi connectivity index (χ1) is 8.59. The maximum atomic E-state index is 13.7. The Bertz CT molecular complexity index is 426. The lowest BCUT2D eigenvalue weighted by Crippen LogP contribution is -2.34. The fourth-order valence-corrected chi connectivity index (χ4v) is 2.58. The average Bonchev–Trinajstić information content (AvgIpc) is 2.81. The molecule has 1 fully saturated rings. The second-order valence-electron chi connectivity index (χ2n) is 4.42. The van der Waals surface area contributed by atoms with Gasteiger partial charge in [0.1, 0.15) is 5.82 Å². The molecule has 0 bridgehead atoms. The van der Waals surface area contributed by atoms with Crippen molar-refractivity contribution in [1.29, 1.82) is 0 Å². The van der Waals surface area contributed by atoms with Crippen molar-refractivity contribution in [3.8, 4) is 0 Å². The summed E-state index contributed by atoms with van der Waals surface area (Å²) in [6, 6.07) is 4.52. The van der Waals surface area contributed by atoms with E-state index in [9.17, 15) is 9.18 Å². The van der Waals surface area contributed by atoms with Crippen molar-refractivity contribution in [2.75, 3.05) is 20.2 Å². The van der Waals surface area contributed by atoms with Gasteiger partial charge in [-0.25, -0.2) is 4.39 Å². The second-order valence-corrected chi connectivity index (χ2v) is 5.27. The van der Waals surface area contributed by atoms with E-state index in [-0.39, 0.29) is 17.6 Å². The molecule has 1 aromatic carbocycles. The van der Waals surface area contributed by atoms with Gasteiger partial charge < -0.3 is 9.64 Å². The van der Waals surface area contributed by atoms with Crippen molar-refractivity contribution >= 4 is 21.8 Å². The van der Waals surface area contributed by atoms with Gasteiger partial charge in [-0.15, -0.1) is 0 Å². The first-order valence-electron chi connectivity index (χ1n) is 5.90. The average molecular weight is 316 g/mol. The van der Waals surface area contributed by atoms with Crippen LogP contribution >= 0.6 is 15.9 Å². The molecule has 0 N–H and O–H groups in total. The van der Waals surface area contributed by atoms with Crippen molar-refractivity contribution in [1.82, 2.24) is 4.90 Å². The minimum Gasteiger partial charge on any atom is -0.376 e. The van der Waals surface area contributed by atoms with Crippen molar-refractivity contribution in [3.05, 3.63) is 34.1 Å². The van der Waals surface area contributed by atoms with Crippen molar-refractivity contribution < 1.29 is 13.9 Å².